The average Bonchev–Trinajstić information content (AvgIpc) is 2.92. The molecular weight excluding hydrogens is 208 g/mol. The Bertz CT molecular complexity index is 241. The van der Waals surface area contributed by atoms with Gasteiger partial charge in [0.15, 0.2) is 0 Å². The summed E-state index contributed by atoms with van der Waals surface area (Å²) in [5.74, 6) is 2.07. The van der Waals surface area contributed by atoms with Crippen LogP contribution in [0.25, 0.3) is 0 Å². The second-order valence-corrected chi connectivity index (χ2v) is 6.85. The van der Waals surface area contributed by atoms with Gasteiger partial charge in [-0.2, -0.15) is 0 Å². The highest BCUT2D eigenvalue weighted by atomic mass is 15.1. The van der Waals surface area contributed by atoms with Crippen LogP contribution in [0.5, 0.6) is 0 Å². The van der Waals surface area contributed by atoms with Crippen molar-refractivity contribution >= 4 is 0 Å². The molecule has 2 atom stereocenters. The topological polar surface area (TPSA) is 15.3 Å². The van der Waals surface area contributed by atoms with Crippen LogP contribution in [0.15, 0.2) is 0 Å². The molecule has 3 rings (SSSR count). The van der Waals surface area contributed by atoms with E-state index in [1.165, 1.54) is 64.5 Å². The van der Waals surface area contributed by atoms with Crippen LogP contribution in [-0.2, 0) is 0 Å². The number of likely N-dealkylation sites (tertiary alicyclic amines) is 1. The van der Waals surface area contributed by atoms with Crippen LogP contribution in [0.1, 0.15) is 51.4 Å². The largest absolute Gasteiger partial charge is 0.310 e. The van der Waals surface area contributed by atoms with Crippen molar-refractivity contribution in [2.45, 2.75) is 63.5 Å². The Hall–Kier alpha value is -0.0800. The Morgan fingerprint density at radius 3 is 2.41 bits per heavy atom. The molecule has 2 saturated carbocycles. The minimum atomic E-state index is 0.778. The third-order valence-electron chi connectivity index (χ3n) is 4.91. The Balaban J connectivity index is 1.48. The second kappa shape index (κ2) is 5.27. The molecule has 17 heavy (non-hydrogen) atoms. The predicted octanol–water partition coefficient (Wildman–Crippen LogP) is 2.64. The Morgan fingerprint density at radius 1 is 0.941 bits per heavy atom. The lowest BCUT2D eigenvalue weighted by atomic mass is 9.89. The van der Waals surface area contributed by atoms with E-state index in [0.717, 1.165) is 23.9 Å². The molecule has 2 nitrogen and oxygen atoms in total. The molecule has 1 aliphatic heterocycles. The number of rotatable bonds is 4. The maximum absolute atomic E-state index is 3.93. The number of nitrogens with zero attached hydrogens (tertiary/aromatic N) is 1. The van der Waals surface area contributed by atoms with E-state index in [1.54, 1.807) is 0 Å². The van der Waals surface area contributed by atoms with Gasteiger partial charge in [-0.3, -0.25) is 0 Å². The fraction of sp³-hybridized carbons (Fsp3) is 1.00. The van der Waals surface area contributed by atoms with Crippen LogP contribution < -0.4 is 5.32 Å². The summed E-state index contributed by atoms with van der Waals surface area (Å²) in [6.45, 7) is 2.62. The van der Waals surface area contributed by atoms with Gasteiger partial charge in [-0.25, -0.2) is 0 Å². The van der Waals surface area contributed by atoms with Gasteiger partial charge >= 0.3 is 0 Å². The highest BCUT2D eigenvalue weighted by Crippen LogP contribution is 2.37. The van der Waals surface area contributed by atoms with Crippen molar-refractivity contribution in [3.63, 3.8) is 0 Å². The standard InChI is InChI=1S/C15H28N2/c1-17-10-13(8-12-6-7-12)9-15(11-17)16-14-4-2-3-5-14/h12-16H,2-11H2,1H3. The molecule has 1 saturated heterocycles. The summed E-state index contributed by atoms with van der Waals surface area (Å²) in [6.07, 6.45) is 11.7. The van der Waals surface area contributed by atoms with Gasteiger partial charge in [0.2, 0.25) is 0 Å². The summed E-state index contributed by atoms with van der Waals surface area (Å²) in [7, 11) is 2.31. The highest BCUT2D eigenvalue weighted by Gasteiger charge is 2.32. The van der Waals surface area contributed by atoms with Gasteiger partial charge in [0, 0.05) is 25.2 Å². The molecule has 98 valence electrons. The Morgan fingerprint density at radius 2 is 1.71 bits per heavy atom. The van der Waals surface area contributed by atoms with Crippen LogP contribution in [0.2, 0.25) is 0 Å². The molecule has 1 N–H and O–H groups in total. The molecule has 1 heterocycles. The van der Waals surface area contributed by atoms with E-state index in [2.05, 4.69) is 17.3 Å². The summed E-state index contributed by atoms with van der Waals surface area (Å²) in [6, 6.07) is 1.62. The van der Waals surface area contributed by atoms with Crippen molar-refractivity contribution < 1.29 is 0 Å². The number of nitrogens with one attached hydrogen (secondary N) is 1. The zero-order valence-corrected chi connectivity index (χ0v) is 11.3. The molecule has 0 bridgehead atoms. The number of piperidine rings is 1. The number of hydrogen-bond acceptors (Lipinski definition) is 2. The maximum atomic E-state index is 3.93. The van der Waals surface area contributed by atoms with Gasteiger partial charge in [-0.05, 0) is 44.6 Å². The molecule has 2 unspecified atom stereocenters. The van der Waals surface area contributed by atoms with Crippen molar-refractivity contribution in [2.75, 3.05) is 20.1 Å². The van der Waals surface area contributed by atoms with Gasteiger partial charge < -0.3 is 10.2 Å². The normalized spacial score (nSPS) is 36.5. The first kappa shape index (κ1) is 12.0. The first-order chi connectivity index (χ1) is 8.29. The van der Waals surface area contributed by atoms with E-state index in [9.17, 15) is 0 Å². The lowest BCUT2D eigenvalue weighted by Crippen LogP contribution is -2.50. The molecule has 0 spiro atoms. The molecule has 0 aromatic rings. The first-order valence-electron chi connectivity index (χ1n) is 7.74. The van der Waals surface area contributed by atoms with Crippen LogP contribution in [0, 0.1) is 11.8 Å². The predicted molar refractivity (Wildman–Crippen MR) is 72.1 cm³/mol. The fourth-order valence-corrected chi connectivity index (χ4v) is 3.99. The van der Waals surface area contributed by atoms with E-state index in [0.29, 0.717) is 0 Å². The van der Waals surface area contributed by atoms with Gasteiger partial charge in [-0.15, -0.1) is 0 Å². The molecule has 2 heteroatoms. The SMILES string of the molecule is CN1CC(CC2CC2)CC(NC2CCCC2)C1. The molecule has 0 amide bonds. The summed E-state index contributed by atoms with van der Waals surface area (Å²) in [5, 5.41) is 3.93. The molecule has 0 aromatic heterocycles. The molecule has 3 fully saturated rings. The average molecular weight is 236 g/mol. The maximum Gasteiger partial charge on any atom is 0.0200 e. The minimum absolute atomic E-state index is 0.778. The molecular formula is C15H28N2. The van der Waals surface area contributed by atoms with Gasteiger partial charge in [0.25, 0.3) is 0 Å². The fourth-order valence-electron chi connectivity index (χ4n) is 3.99. The molecule has 0 aromatic carbocycles. The third-order valence-corrected chi connectivity index (χ3v) is 4.91. The molecule has 2 aliphatic carbocycles. The van der Waals surface area contributed by atoms with Gasteiger partial charge in [-0.1, -0.05) is 25.7 Å². The zero-order valence-electron chi connectivity index (χ0n) is 11.3. The van der Waals surface area contributed by atoms with Crippen LogP contribution in [0.4, 0.5) is 0 Å². The van der Waals surface area contributed by atoms with Crippen LogP contribution in [0.3, 0.4) is 0 Å². The van der Waals surface area contributed by atoms with E-state index >= 15 is 0 Å². The van der Waals surface area contributed by atoms with Crippen molar-refractivity contribution in [3.8, 4) is 0 Å². The van der Waals surface area contributed by atoms with E-state index in [1.807, 2.05) is 0 Å². The zero-order chi connectivity index (χ0) is 11.7. The monoisotopic (exact) mass is 236 g/mol. The number of likely N-dealkylation sites (N-methyl/N-ethyl adjacent to an activating group) is 1. The van der Waals surface area contributed by atoms with E-state index < -0.39 is 0 Å². The Kier molecular flexibility index (Phi) is 3.72. The lowest BCUT2D eigenvalue weighted by Gasteiger charge is -2.37. The first-order valence-corrected chi connectivity index (χ1v) is 7.74. The molecule has 0 radical (unpaired) electrons. The smallest absolute Gasteiger partial charge is 0.0200 e. The second-order valence-electron chi connectivity index (χ2n) is 6.85. The third kappa shape index (κ3) is 3.45. The quantitative estimate of drug-likeness (QED) is 0.807. The summed E-state index contributed by atoms with van der Waals surface area (Å²) in [5.41, 5.74) is 0. The van der Waals surface area contributed by atoms with Gasteiger partial charge in [0.05, 0.1) is 0 Å². The number of hydrogen-bond donors (Lipinski definition) is 1. The van der Waals surface area contributed by atoms with Crippen molar-refractivity contribution in [1.29, 1.82) is 0 Å². The van der Waals surface area contributed by atoms with Crippen molar-refractivity contribution in [3.05, 3.63) is 0 Å². The van der Waals surface area contributed by atoms with Crippen LogP contribution >= 0.6 is 0 Å². The minimum Gasteiger partial charge on any atom is -0.310 e. The van der Waals surface area contributed by atoms with Crippen LogP contribution in [-0.4, -0.2) is 37.1 Å². The Labute approximate surface area is 106 Å². The lowest BCUT2D eigenvalue weighted by molar-refractivity contribution is 0.152. The summed E-state index contributed by atoms with van der Waals surface area (Å²) >= 11 is 0. The van der Waals surface area contributed by atoms with E-state index in [-0.39, 0.29) is 0 Å². The van der Waals surface area contributed by atoms with Gasteiger partial charge in [0.1, 0.15) is 0 Å². The molecule has 3 aliphatic rings. The van der Waals surface area contributed by atoms with E-state index in [4.69, 9.17) is 0 Å². The summed E-state index contributed by atoms with van der Waals surface area (Å²) in [4.78, 5) is 2.56. The van der Waals surface area contributed by atoms with Crippen molar-refractivity contribution in [1.82, 2.24) is 10.2 Å². The summed E-state index contributed by atoms with van der Waals surface area (Å²) < 4.78 is 0. The highest BCUT2D eigenvalue weighted by molar-refractivity contribution is 4.88. The van der Waals surface area contributed by atoms with Crippen molar-refractivity contribution in [2.24, 2.45) is 11.8 Å².